The number of rotatable bonds is 4. The zero-order valence-corrected chi connectivity index (χ0v) is 16.9. The molecule has 2 aromatic carbocycles. The molecule has 26 heavy (non-hydrogen) atoms. The first-order chi connectivity index (χ1) is 12.5. The highest BCUT2D eigenvalue weighted by molar-refractivity contribution is 7.80. The van der Waals surface area contributed by atoms with Crippen LogP contribution in [-0.4, -0.2) is 30.1 Å². The van der Waals surface area contributed by atoms with Crippen LogP contribution in [0.1, 0.15) is 36.0 Å². The summed E-state index contributed by atoms with van der Waals surface area (Å²) in [5, 5.41) is 4.13. The van der Waals surface area contributed by atoms with E-state index in [-0.39, 0.29) is 0 Å². The molecule has 0 radical (unpaired) electrons. The minimum absolute atomic E-state index is 0.749. The largest absolute Gasteiger partial charge is 0.372 e. The normalized spacial score (nSPS) is 14.2. The van der Waals surface area contributed by atoms with Gasteiger partial charge in [0.1, 0.15) is 0 Å². The van der Waals surface area contributed by atoms with E-state index in [4.69, 9.17) is 12.2 Å². The summed E-state index contributed by atoms with van der Waals surface area (Å²) in [6, 6.07) is 15.3. The second kappa shape index (κ2) is 8.54. The van der Waals surface area contributed by atoms with Crippen LogP contribution in [-0.2, 0) is 6.54 Å². The van der Waals surface area contributed by atoms with Crippen LogP contribution < -0.4 is 10.2 Å². The Labute approximate surface area is 163 Å². The van der Waals surface area contributed by atoms with Crippen molar-refractivity contribution in [2.24, 2.45) is 0 Å². The van der Waals surface area contributed by atoms with E-state index in [2.05, 4.69) is 71.4 Å². The van der Waals surface area contributed by atoms with Crippen molar-refractivity contribution in [3.63, 3.8) is 0 Å². The van der Waals surface area contributed by atoms with Crippen molar-refractivity contribution < 1.29 is 0 Å². The van der Waals surface area contributed by atoms with E-state index in [1.165, 1.54) is 54.7 Å². The van der Waals surface area contributed by atoms with Crippen LogP contribution in [0.25, 0.3) is 0 Å². The van der Waals surface area contributed by atoms with Crippen LogP contribution in [0.4, 0.5) is 11.4 Å². The average Bonchev–Trinajstić information content (AvgIpc) is 2.66. The summed E-state index contributed by atoms with van der Waals surface area (Å²) in [5.74, 6) is 0. The Bertz CT molecular complexity index is 748. The fourth-order valence-electron chi connectivity index (χ4n) is 3.39. The van der Waals surface area contributed by atoms with E-state index in [0.717, 1.165) is 17.3 Å². The molecule has 1 aliphatic rings. The minimum Gasteiger partial charge on any atom is -0.372 e. The number of piperidine rings is 1. The molecule has 0 aliphatic carbocycles. The van der Waals surface area contributed by atoms with Crippen molar-refractivity contribution in [2.75, 3.05) is 30.4 Å². The van der Waals surface area contributed by atoms with Crippen LogP contribution in [0.2, 0.25) is 0 Å². The Morgan fingerprint density at radius 1 is 1.04 bits per heavy atom. The molecule has 138 valence electrons. The molecule has 2 aromatic rings. The summed E-state index contributed by atoms with van der Waals surface area (Å²) in [4.78, 5) is 4.58. The third-order valence-electron chi connectivity index (χ3n) is 5.06. The lowest BCUT2D eigenvalue weighted by Crippen LogP contribution is -2.31. The van der Waals surface area contributed by atoms with E-state index < -0.39 is 0 Å². The van der Waals surface area contributed by atoms with Crippen LogP contribution in [0, 0.1) is 13.8 Å². The Hall–Kier alpha value is -2.07. The number of benzene rings is 2. The van der Waals surface area contributed by atoms with Gasteiger partial charge < -0.3 is 15.1 Å². The molecule has 0 spiro atoms. The number of hydrogen-bond acceptors (Lipinski definition) is 2. The minimum atomic E-state index is 0.749. The molecule has 1 aliphatic heterocycles. The summed E-state index contributed by atoms with van der Waals surface area (Å²) >= 11 is 5.60. The Kier molecular flexibility index (Phi) is 6.15. The average molecular weight is 368 g/mol. The summed E-state index contributed by atoms with van der Waals surface area (Å²) < 4.78 is 0. The highest BCUT2D eigenvalue weighted by Gasteiger charge is 2.11. The number of anilines is 2. The van der Waals surface area contributed by atoms with E-state index in [1.807, 2.05) is 7.05 Å². The first-order valence-electron chi connectivity index (χ1n) is 9.46. The summed E-state index contributed by atoms with van der Waals surface area (Å²) in [5.41, 5.74) is 6.14. The lowest BCUT2D eigenvalue weighted by atomic mass is 10.1. The standard InChI is InChI=1S/C22H29N3S/c1-17-7-8-18(2)21(15-17)23-22(26)24(3)16-19-9-11-20(12-10-19)25-13-5-4-6-14-25/h7-12,15H,4-6,13-14,16H2,1-3H3,(H,23,26). The van der Waals surface area contributed by atoms with Crippen LogP contribution >= 0.6 is 12.2 Å². The molecule has 1 saturated heterocycles. The van der Waals surface area contributed by atoms with Crippen molar-refractivity contribution in [3.05, 3.63) is 59.2 Å². The smallest absolute Gasteiger partial charge is 0.173 e. The molecular weight excluding hydrogens is 338 g/mol. The molecule has 3 nitrogen and oxygen atoms in total. The van der Waals surface area contributed by atoms with Gasteiger partial charge in [-0.2, -0.15) is 0 Å². The zero-order valence-electron chi connectivity index (χ0n) is 16.1. The fourth-order valence-corrected chi connectivity index (χ4v) is 3.57. The molecule has 0 saturated carbocycles. The maximum Gasteiger partial charge on any atom is 0.173 e. The molecule has 3 rings (SSSR count). The SMILES string of the molecule is Cc1ccc(C)c(NC(=S)N(C)Cc2ccc(N3CCCCC3)cc2)c1. The molecule has 0 atom stereocenters. The number of thiocarbonyl (C=S) groups is 1. The molecule has 0 amide bonds. The van der Waals surface area contributed by atoms with Crippen LogP contribution in [0.5, 0.6) is 0 Å². The van der Waals surface area contributed by atoms with Gasteiger partial charge in [0.25, 0.3) is 0 Å². The predicted molar refractivity (Wildman–Crippen MR) is 116 cm³/mol. The fraction of sp³-hybridized carbons (Fsp3) is 0.409. The molecule has 0 unspecified atom stereocenters. The lowest BCUT2D eigenvalue weighted by molar-refractivity contribution is 0.508. The van der Waals surface area contributed by atoms with Gasteiger partial charge in [0, 0.05) is 38.1 Å². The van der Waals surface area contributed by atoms with Crippen molar-refractivity contribution in [2.45, 2.75) is 39.7 Å². The van der Waals surface area contributed by atoms with E-state index >= 15 is 0 Å². The van der Waals surface area contributed by atoms with Crippen molar-refractivity contribution >= 4 is 28.7 Å². The summed E-state index contributed by atoms with van der Waals surface area (Å²) in [6.07, 6.45) is 3.98. The molecule has 4 heteroatoms. The van der Waals surface area contributed by atoms with E-state index in [0.29, 0.717) is 0 Å². The van der Waals surface area contributed by atoms with Gasteiger partial charge in [-0.15, -0.1) is 0 Å². The monoisotopic (exact) mass is 367 g/mol. The highest BCUT2D eigenvalue weighted by Crippen LogP contribution is 2.21. The second-order valence-electron chi connectivity index (χ2n) is 7.32. The highest BCUT2D eigenvalue weighted by atomic mass is 32.1. The Morgan fingerprint density at radius 2 is 1.73 bits per heavy atom. The Morgan fingerprint density at radius 3 is 2.42 bits per heavy atom. The Balaban J connectivity index is 1.59. The predicted octanol–water partition coefficient (Wildman–Crippen LogP) is 5.12. The maximum atomic E-state index is 5.60. The molecule has 0 bridgehead atoms. The van der Waals surface area contributed by atoms with Crippen molar-refractivity contribution in [1.29, 1.82) is 0 Å². The summed E-state index contributed by atoms with van der Waals surface area (Å²) in [7, 11) is 2.04. The molecule has 1 fully saturated rings. The second-order valence-corrected chi connectivity index (χ2v) is 7.71. The maximum absolute atomic E-state index is 5.60. The third-order valence-corrected chi connectivity index (χ3v) is 5.47. The van der Waals surface area contributed by atoms with Crippen LogP contribution in [0.15, 0.2) is 42.5 Å². The quantitative estimate of drug-likeness (QED) is 0.756. The first kappa shape index (κ1) is 18.7. The molecular formula is C22H29N3S. The van der Waals surface area contributed by atoms with Gasteiger partial charge in [-0.05, 0) is 80.2 Å². The van der Waals surface area contributed by atoms with Gasteiger partial charge in [0.2, 0.25) is 0 Å². The first-order valence-corrected chi connectivity index (χ1v) is 9.87. The van der Waals surface area contributed by atoms with Gasteiger partial charge in [0.15, 0.2) is 5.11 Å². The van der Waals surface area contributed by atoms with Gasteiger partial charge in [-0.1, -0.05) is 24.3 Å². The number of aryl methyl sites for hydroxylation is 2. The number of hydrogen-bond donors (Lipinski definition) is 1. The van der Waals surface area contributed by atoms with Gasteiger partial charge in [-0.3, -0.25) is 0 Å². The molecule has 1 N–H and O–H groups in total. The molecule has 0 aromatic heterocycles. The van der Waals surface area contributed by atoms with Gasteiger partial charge in [-0.25, -0.2) is 0 Å². The topological polar surface area (TPSA) is 18.5 Å². The lowest BCUT2D eigenvalue weighted by Gasteiger charge is -2.29. The zero-order chi connectivity index (χ0) is 18.5. The van der Waals surface area contributed by atoms with Gasteiger partial charge >= 0.3 is 0 Å². The van der Waals surface area contributed by atoms with Crippen LogP contribution in [0.3, 0.4) is 0 Å². The number of nitrogens with zero attached hydrogens (tertiary/aromatic N) is 2. The van der Waals surface area contributed by atoms with E-state index in [9.17, 15) is 0 Å². The van der Waals surface area contributed by atoms with E-state index in [1.54, 1.807) is 0 Å². The number of nitrogens with one attached hydrogen (secondary N) is 1. The van der Waals surface area contributed by atoms with Gasteiger partial charge in [0.05, 0.1) is 0 Å². The van der Waals surface area contributed by atoms with Crippen molar-refractivity contribution in [3.8, 4) is 0 Å². The molecule has 1 heterocycles. The van der Waals surface area contributed by atoms with Crippen molar-refractivity contribution in [1.82, 2.24) is 4.90 Å². The summed E-state index contributed by atoms with van der Waals surface area (Å²) in [6.45, 7) is 7.37. The third kappa shape index (κ3) is 4.76.